The first kappa shape index (κ1) is 22.3. The summed E-state index contributed by atoms with van der Waals surface area (Å²) in [6, 6.07) is 7.33. The molecule has 3 rings (SSSR count). The van der Waals surface area contributed by atoms with Gasteiger partial charge in [0.1, 0.15) is 5.60 Å². The lowest BCUT2D eigenvalue weighted by molar-refractivity contribution is -0.119. The van der Waals surface area contributed by atoms with Gasteiger partial charge in [-0.2, -0.15) is 0 Å². The van der Waals surface area contributed by atoms with Crippen molar-refractivity contribution in [2.75, 3.05) is 18.5 Å². The minimum atomic E-state index is -1.01. The average molecular weight is 415 g/mol. The largest absolute Gasteiger partial charge is 0.444 e. The maximum Gasteiger partial charge on any atom is 0.410 e. The highest BCUT2D eigenvalue weighted by Gasteiger charge is 2.39. The van der Waals surface area contributed by atoms with Crippen LogP contribution in [0.3, 0.4) is 0 Å². The predicted molar refractivity (Wildman–Crippen MR) is 119 cm³/mol. The van der Waals surface area contributed by atoms with Crippen LogP contribution in [0.1, 0.15) is 59.4 Å². The van der Waals surface area contributed by atoms with Crippen molar-refractivity contribution < 1.29 is 14.3 Å². The van der Waals surface area contributed by atoms with Gasteiger partial charge in [-0.15, -0.1) is 0 Å². The van der Waals surface area contributed by atoms with Crippen LogP contribution in [-0.4, -0.2) is 54.0 Å². The number of benzodiazepines with no additional fused rings is 1. The lowest BCUT2D eigenvalue weighted by atomic mass is 9.84. The van der Waals surface area contributed by atoms with Gasteiger partial charge < -0.3 is 15.4 Å². The fourth-order valence-electron chi connectivity index (χ4n) is 4.05. The molecule has 2 amide bonds. The third-order valence-electron chi connectivity index (χ3n) is 5.85. The number of aliphatic imine (C=N–C) groups is 1. The molecule has 2 N–H and O–H groups in total. The van der Waals surface area contributed by atoms with E-state index in [1.54, 1.807) is 16.8 Å². The molecule has 2 atom stereocenters. The van der Waals surface area contributed by atoms with Crippen LogP contribution >= 0.6 is 0 Å². The number of nitrogens with two attached hydrogens (primary N) is 1. The van der Waals surface area contributed by atoms with Crippen LogP contribution in [0.2, 0.25) is 0 Å². The van der Waals surface area contributed by atoms with Gasteiger partial charge in [-0.25, -0.2) is 4.79 Å². The fourth-order valence-corrected chi connectivity index (χ4v) is 4.05. The molecule has 0 radical (unpaired) electrons. The van der Waals surface area contributed by atoms with Crippen molar-refractivity contribution in [3.05, 3.63) is 29.8 Å². The van der Waals surface area contributed by atoms with E-state index in [2.05, 4.69) is 18.8 Å². The van der Waals surface area contributed by atoms with E-state index in [9.17, 15) is 9.59 Å². The summed E-state index contributed by atoms with van der Waals surface area (Å²) >= 11 is 0. The number of carbonyl (C=O) groups is 2. The van der Waals surface area contributed by atoms with Crippen molar-refractivity contribution in [3.8, 4) is 0 Å². The molecule has 2 aliphatic heterocycles. The summed E-state index contributed by atoms with van der Waals surface area (Å²) in [5, 5.41) is 0. The third-order valence-corrected chi connectivity index (χ3v) is 5.85. The highest BCUT2D eigenvalue weighted by Crippen LogP contribution is 2.36. The van der Waals surface area contributed by atoms with Gasteiger partial charge in [0.2, 0.25) is 0 Å². The van der Waals surface area contributed by atoms with Gasteiger partial charge in [0.25, 0.3) is 5.91 Å². The zero-order valence-corrected chi connectivity index (χ0v) is 18.9. The minimum absolute atomic E-state index is 0.0918. The molecule has 7 nitrogen and oxygen atoms in total. The number of ether oxygens (including phenoxy) is 1. The molecule has 2 aliphatic rings. The number of fused-ring (bicyclic) bond motifs is 1. The summed E-state index contributed by atoms with van der Waals surface area (Å²) in [6.45, 7) is 10.6. The van der Waals surface area contributed by atoms with Crippen LogP contribution in [0, 0.1) is 5.41 Å². The van der Waals surface area contributed by atoms with Gasteiger partial charge in [-0.05, 0) is 51.5 Å². The maximum absolute atomic E-state index is 13.2. The van der Waals surface area contributed by atoms with Crippen molar-refractivity contribution >= 4 is 23.4 Å². The molecule has 0 spiro atoms. The summed E-state index contributed by atoms with van der Waals surface area (Å²) in [5.41, 5.74) is 7.91. The Hall–Kier alpha value is -2.41. The van der Waals surface area contributed by atoms with E-state index in [4.69, 9.17) is 10.5 Å². The fraction of sp³-hybridized carbons (Fsp3) is 0.609. The summed E-state index contributed by atoms with van der Waals surface area (Å²) in [6.07, 6.45) is 1.15. The van der Waals surface area contributed by atoms with Gasteiger partial charge in [0, 0.05) is 19.2 Å². The molecule has 1 aromatic rings. The van der Waals surface area contributed by atoms with E-state index in [0.717, 1.165) is 30.5 Å². The maximum atomic E-state index is 13.2. The van der Waals surface area contributed by atoms with Crippen molar-refractivity contribution in [3.63, 3.8) is 0 Å². The van der Waals surface area contributed by atoms with Crippen LogP contribution in [0.5, 0.6) is 0 Å². The second kappa shape index (κ2) is 8.02. The zero-order chi connectivity index (χ0) is 22.3. The van der Waals surface area contributed by atoms with Crippen LogP contribution in [0.4, 0.5) is 10.5 Å². The quantitative estimate of drug-likeness (QED) is 0.761. The smallest absolute Gasteiger partial charge is 0.410 e. The van der Waals surface area contributed by atoms with Gasteiger partial charge in [0.15, 0.2) is 6.17 Å². The first-order chi connectivity index (χ1) is 13.9. The lowest BCUT2D eigenvalue weighted by Gasteiger charge is -2.33. The normalized spacial score (nSPS) is 24.5. The Morgan fingerprint density at radius 2 is 1.90 bits per heavy atom. The molecule has 164 valence electrons. The van der Waals surface area contributed by atoms with E-state index in [1.807, 2.05) is 45.0 Å². The van der Waals surface area contributed by atoms with Crippen molar-refractivity contribution in [2.24, 2.45) is 16.1 Å². The Labute approximate surface area is 179 Å². The summed E-state index contributed by atoms with van der Waals surface area (Å²) in [4.78, 5) is 33.8. The number of nitrogens with zero attached hydrogens (tertiary/aromatic N) is 3. The number of rotatable bonds is 1. The number of hydrogen-bond donors (Lipinski definition) is 1. The van der Waals surface area contributed by atoms with E-state index in [-0.39, 0.29) is 23.5 Å². The van der Waals surface area contributed by atoms with E-state index >= 15 is 0 Å². The van der Waals surface area contributed by atoms with E-state index < -0.39 is 11.8 Å². The first-order valence-corrected chi connectivity index (χ1v) is 10.6. The van der Waals surface area contributed by atoms with Crippen LogP contribution < -0.4 is 10.6 Å². The minimum Gasteiger partial charge on any atom is -0.444 e. The Kier molecular flexibility index (Phi) is 5.96. The molecule has 0 aromatic heterocycles. The van der Waals surface area contributed by atoms with Crippen molar-refractivity contribution in [2.45, 2.75) is 71.7 Å². The van der Waals surface area contributed by atoms with Crippen molar-refractivity contribution in [1.82, 2.24) is 4.90 Å². The molecular formula is C23H34N4O3. The topological polar surface area (TPSA) is 88.2 Å². The summed E-state index contributed by atoms with van der Waals surface area (Å²) in [7, 11) is 1.71. The highest BCUT2D eigenvalue weighted by molar-refractivity contribution is 6.15. The monoisotopic (exact) mass is 414 g/mol. The average Bonchev–Trinajstić information content (AvgIpc) is 2.86. The van der Waals surface area contributed by atoms with Crippen LogP contribution in [0.15, 0.2) is 29.3 Å². The number of para-hydroxylation sites is 1. The van der Waals surface area contributed by atoms with Crippen LogP contribution in [0.25, 0.3) is 0 Å². The van der Waals surface area contributed by atoms with E-state index in [0.29, 0.717) is 12.3 Å². The van der Waals surface area contributed by atoms with E-state index in [1.165, 1.54) is 0 Å². The van der Waals surface area contributed by atoms with Gasteiger partial charge in [0.05, 0.1) is 17.4 Å². The third kappa shape index (κ3) is 4.67. The molecule has 7 heteroatoms. The standard InChI is InChI=1S/C23H34N4O3/c1-22(2,3)30-21(29)27-14-13-23(4,5)12-11-17(27)18-15-9-7-8-10-16(15)26(6)20(28)19(24)25-18/h7-10,17,19H,11-14,24H2,1-6H3/t17-,19-/m1/s1. The second-order valence-corrected chi connectivity index (χ2v) is 10.0. The number of carbonyl (C=O) groups excluding carboxylic acids is 2. The molecule has 0 aliphatic carbocycles. The molecule has 1 aromatic carbocycles. The Morgan fingerprint density at radius 1 is 1.23 bits per heavy atom. The molecule has 0 bridgehead atoms. The zero-order valence-electron chi connectivity index (χ0n) is 18.9. The molecule has 0 saturated carbocycles. The number of likely N-dealkylation sites (tertiary alicyclic amines) is 1. The second-order valence-electron chi connectivity index (χ2n) is 10.0. The summed E-state index contributed by atoms with van der Waals surface area (Å²) < 4.78 is 5.73. The lowest BCUT2D eigenvalue weighted by Crippen LogP contribution is -2.47. The highest BCUT2D eigenvalue weighted by atomic mass is 16.6. The number of anilines is 1. The number of likely N-dealkylation sites (N-methyl/N-ethyl adjacent to an activating group) is 1. The predicted octanol–water partition coefficient (Wildman–Crippen LogP) is 3.55. The Balaban J connectivity index is 2.10. The number of hydrogen-bond acceptors (Lipinski definition) is 5. The Bertz CT molecular complexity index is 856. The molecule has 1 fully saturated rings. The van der Waals surface area contributed by atoms with Crippen LogP contribution in [-0.2, 0) is 9.53 Å². The van der Waals surface area contributed by atoms with Crippen molar-refractivity contribution in [1.29, 1.82) is 0 Å². The molecule has 1 saturated heterocycles. The van der Waals surface area contributed by atoms with Gasteiger partial charge in [-0.1, -0.05) is 32.0 Å². The summed E-state index contributed by atoms with van der Waals surface area (Å²) in [5.74, 6) is -0.268. The van der Waals surface area contributed by atoms with Gasteiger partial charge >= 0.3 is 6.09 Å². The molecule has 2 heterocycles. The SMILES string of the molecule is CN1C(=O)[C@H](N)N=C([C@H]2CCC(C)(C)CCN2C(=O)OC(C)(C)C)c2ccccc21. The number of amides is 2. The molecular weight excluding hydrogens is 380 g/mol. The molecule has 30 heavy (non-hydrogen) atoms. The molecule has 0 unspecified atom stereocenters. The number of benzene rings is 1. The first-order valence-electron chi connectivity index (χ1n) is 10.6. The van der Waals surface area contributed by atoms with Gasteiger partial charge in [-0.3, -0.25) is 14.7 Å². The Morgan fingerprint density at radius 3 is 2.57 bits per heavy atom.